The Balaban J connectivity index is 1.75. The van der Waals surface area contributed by atoms with Crippen LogP contribution in [0.3, 0.4) is 0 Å². The number of nitrogens with two attached hydrogens (primary N) is 1. The van der Waals surface area contributed by atoms with E-state index in [0.717, 1.165) is 0 Å². The van der Waals surface area contributed by atoms with Gasteiger partial charge in [-0.3, -0.25) is 14.8 Å². The number of Topliss-reactive ketones (excluding diaryl/α,β-unsaturated/α-hetero) is 1. The highest BCUT2D eigenvalue weighted by atomic mass is 35.5. The van der Waals surface area contributed by atoms with Crippen molar-refractivity contribution in [2.75, 3.05) is 6.67 Å². The molecule has 3 heterocycles. The van der Waals surface area contributed by atoms with Crippen LogP contribution in [0.2, 0.25) is 5.02 Å². The van der Waals surface area contributed by atoms with Crippen LogP contribution < -0.4 is 5.73 Å². The molecule has 2 N–H and O–H groups in total. The van der Waals surface area contributed by atoms with Crippen molar-refractivity contribution in [2.24, 2.45) is 10.7 Å². The molecule has 2 aromatic rings. The van der Waals surface area contributed by atoms with Gasteiger partial charge in [0.15, 0.2) is 20.4 Å². The van der Waals surface area contributed by atoms with Crippen LogP contribution >= 0.6 is 11.6 Å². The number of carbonyl (C=O) groups is 1. The summed E-state index contributed by atoms with van der Waals surface area (Å²) < 4.78 is 53.1. The number of pyridine rings is 1. The molecule has 2 aliphatic heterocycles. The first-order valence-corrected chi connectivity index (χ1v) is 11.6. The third kappa shape index (κ3) is 3.17. The lowest BCUT2D eigenvalue weighted by Crippen LogP contribution is -2.58. The fourth-order valence-corrected chi connectivity index (χ4v) is 7.31. The summed E-state index contributed by atoms with van der Waals surface area (Å²) in [7, 11) is -4.03. The van der Waals surface area contributed by atoms with Crippen molar-refractivity contribution in [3.63, 3.8) is 0 Å². The minimum atomic E-state index is -4.03. The van der Waals surface area contributed by atoms with E-state index >= 15 is 0 Å². The number of carbonyl (C=O) groups excluding carboxylic acids is 1. The van der Waals surface area contributed by atoms with Crippen molar-refractivity contribution in [2.45, 2.75) is 41.7 Å². The molecule has 0 saturated carbocycles. The highest BCUT2D eigenvalue weighted by molar-refractivity contribution is 7.94. The van der Waals surface area contributed by atoms with Gasteiger partial charge >= 0.3 is 0 Å². The highest BCUT2D eigenvalue weighted by Gasteiger charge is 2.65. The third-order valence-electron chi connectivity index (χ3n) is 6.35. The van der Waals surface area contributed by atoms with E-state index in [9.17, 15) is 22.0 Å². The lowest BCUT2D eigenvalue weighted by Gasteiger charge is -2.39. The van der Waals surface area contributed by atoms with E-state index in [1.807, 2.05) is 0 Å². The minimum absolute atomic E-state index is 0.00343. The topological polar surface area (TPSA) is 102 Å². The summed E-state index contributed by atoms with van der Waals surface area (Å²) in [6.07, 6.45) is 1.39. The molecule has 6 nitrogen and oxygen atoms in total. The first kappa shape index (κ1) is 21.8. The van der Waals surface area contributed by atoms with Crippen molar-refractivity contribution >= 4 is 33.1 Å². The Morgan fingerprint density at radius 3 is 2.71 bits per heavy atom. The summed E-state index contributed by atoms with van der Waals surface area (Å²) in [6, 6.07) is 7.07. The molecule has 164 valence electrons. The lowest BCUT2D eigenvalue weighted by molar-refractivity contribution is 0.0988. The number of benzene rings is 1. The van der Waals surface area contributed by atoms with Gasteiger partial charge < -0.3 is 5.73 Å². The highest BCUT2D eigenvalue weighted by Crippen LogP contribution is 2.51. The number of ketones is 1. The molecule has 2 bridgehead atoms. The number of halogens is 3. The molecule has 0 aliphatic carbocycles. The second kappa shape index (κ2) is 7.34. The molecule has 0 amide bonds. The van der Waals surface area contributed by atoms with Crippen LogP contribution in [0.5, 0.6) is 0 Å². The molecule has 1 saturated heterocycles. The Morgan fingerprint density at radius 2 is 2.06 bits per heavy atom. The molecular formula is C21H20ClF2N3O3S. The van der Waals surface area contributed by atoms with Gasteiger partial charge in [0.1, 0.15) is 29.6 Å². The predicted octanol–water partition coefficient (Wildman–Crippen LogP) is 3.17. The number of fused-ring (bicyclic) bond motifs is 2. The number of nitrogens with zero attached hydrogens (tertiary/aromatic N) is 2. The van der Waals surface area contributed by atoms with Crippen LogP contribution in [-0.2, 0) is 21.8 Å². The van der Waals surface area contributed by atoms with Crippen molar-refractivity contribution in [1.29, 1.82) is 0 Å². The Hall–Kier alpha value is -2.39. The zero-order valence-corrected chi connectivity index (χ0v) is 18.2. The SMILES string of the molecule is C[C@]1(c2cc(CC(=O)c3ccc(Cl)cn3)ccc2F)N=C(N)[C@@]2(CF)CC[C@@H]1S2(=O)=O. The summed E-state index contributed by atoms with van der Waals surface area (Å²) in [6.45, 7) is 0.322. The standard InChI is InChI=1S/C21H20ClF2N3O3S/c1-20(18-6-7-21(11-23,19(25)27-20)31(18,29)30)14-8-12(2-4-15(14)24)9-17(28)16-5-3-13(22)10-26-16/h2-5,8,10,18H,6-7,9,11H2,1H3,(H2,25,27)/t18-,20+,21-/m0/s1. The number of aliphatic imine (C=N–C) groups is 1. The number of alkyl halides is 1. The number of sulfone groups is 1. The number of hydrogen-bond acceptors (Lipinski definition) is 6. The van der Waals surface area contributed by atoms with Crippen molar-refractivity contribution < 1.29 is 22.0 Å². The van der Waals surface area contributed by atoms with Crippen LogP contribution in [0.25, 0.3) is 0 Å². The Bertz CT molecular complexity index is 1200. The van der Waals surface area contributed by atoms with E-state index in [0.29, 0.717) is 10.6 Å². The lowest BCUT2D eigenvalue weighted by atomic mass is 9.85. The number of amidine groups is 1. The quantitative estimate of drug-likeness (QED) is 0.680. The smallest absolute Gasteiger partial charge is 0.185 e. The second-order valence-electron chi connectivity index (χ2n) is 8.12. The first-order chi connectivity index (χ1) is 14.5. The Morgan fingerprint density at radius 1 is 1.32 bits per heavy atom. The monoisotopic (exact) mass is 467 g/mol. The zero-order chi connectivity index (χ0) is 22.6. The summed E-state index contributed by atoms with van der Waals surface area (Å²) in [4.78, 5) is 20.9. The summed E-state index contributed by atoms with van der Waals surface area (Å²) in [5, 5.41) is -0.718. The Labute approximate surface area is 183 Å². The van der Waals surface area contributed by atoms with E-state index < -0.39 is 37.9 Å². The molecule has 31 heavy (non-hydrogen) atoms. The molecule has 0 radical (unpaired) electrons. The molecule has 1 aromatic heterocycles. The maximum Gasteiger partial charge on any atom is 0.185 e. The first-order valence-electron chi connectivity index (χ1n) is 9.64. The normalized spacial score (nSPS) is 28.9. The molecular weight excluding hydrogens is 448 g/mol. The number of hydrogen-bond donors (Lipinski definition) is 1. The van der Waals surface area contributed by atoms with Crippen molar-refractivity contribution in [3.8, 4) is 0 Å². The van der Waals surface area contributed by atoms with Crippen molar-refractivity contribution in [3.05, 3.63) is 64.2 Å². The third-order valence-corrected chi connectivity index (χ3v) is 9.62. The van der Waals surface area contributed by atoms with Crippen LogP contribution in [0.15, 0.2) is 41.5 Å². The van der Waals surface area contributed by atoms with Crippen LogP contribution in [0.4, 0.5) is 8.78 Å². The van der Waals surface area contributed by atoms with E-state index in [1.54, 1.807) is 6.07 Å². The van der Waals surface area contributed by atoms with Gasteiger partial charge in [-0.15, -0.1) is 0 Å². The van der Waals surface area contributed by atoms with Gasteiger partial charge in [-0.1, -0.05) is 17.7 Å². The molecule has 0 unspecified atom stereocenters. The summed E-state index contributed by atoms with van der Waals surface area (Å²) >= 11 is 5.79. The van der Waals surface area contributed by atoms with Crippen LogP contribution in [-0.4, -0.2) is 41.7 Å². The fraction of sp³-hybridized carbons (Fsp3) is 0.381. The molecule has 0 spiro atoms. The van der Waals surface area contributed by atoms with Gasteiger partial charge in [0.2, 0.25) is 0 Å². The number of rotatable bonds is 5. The van der Waals surface area contributed by atoms with Gasteiger partial charge in [0.05, 0.1) is 10.3 Å². The second-order valence-corrected chi connectivity index (χ2v) is 11.0. The fourth-order valence-electron chi connectivity index (χ4n) is 4.55. The molecule has 2 aliphatic rings. The van der Waals surface area contributed by atoms with Gasteiger partial charge in [0.25, 0.3) is 0 Å². The average Bonchev–Trinajstić information content (AvgIpc) is 2.93. The van der Waals surface area contributed by atoms with Crippen LogP contribution in [0.1, 0.15) is 41.4 Å². The van der Waals surface area contributed by atoms with Crippen LogP contribution in [0, 0.1) is 5.82 Å². The van der Waals surface area contributed by atoms with E-state index in [1.165, 1.54) is 37.4 Å². The van der Waals surface area contributed by atoms with Gasteiger partial charge in [0, 0.05) is 18.2 Å². The predicted molar refractivity (Wildman–Crippen MR) is 113 cm³/mol. The molecule has 4 rings (SSSR count). The minimum Gasteiger partial charge on any atom is -0.386 e. The molecule has 1 aromatic carbocycles. The van der Waals surface area contributed by atoms with Crippen molar-refractivity contribution in [1.82, 2.24) is 4.98 Å². The number of aromatic nitrogens is 1. The molecule has 1 fully saturated rings. The van der Waals surface area contributed by atoms with E-state index in [2.05, 4.69) is 9.98 Å². The summed E-state index contributed by atoms with van der Waals surface area (Å²) in [5.74, 6) is -1.32. The van der Waals surface area contributed by atoms with Gasteiger partial charge in [-0.25, -0.2) is 17.2 Å². The van der Waals surface area contributed by atoms with E-state index in [4.69, 9.17) is 17.3 Å². The maximum absolute atomic E-state index is 14.9. The van der Waals surface area contributed by atoms with E-state index in [-0.39, 0.29) is 42.1 Å². The average molecular weight is 468 g/mol. The molecule has 10 heteroatoms. The largest absolute Gasteiger partial charge is 0.386 e. The Kier molecular flexibility index (Phi) is 5.17. The zero-order valence-electron chi connectivity index (χ0n) is 16.6. The maximum atomic E-state index is 14.9. The van der Waals surface area contributed by atoms with Gasteiger partial charge in [-0.2, -0.15) is 0 Å². The van der Waals surface area contributed by atoms with Gasteiger partial charge in [-0.05, 0) is 49.6 Å². The molecule has 3 atom stereocenters. The summed E-state index contributed by atoms with van der Waals surface area (Å²) in [5.41, 5.74) is 5.09.